The second-order valence-electron chi connectivity index (χ2n) is 6.27. The number of nitrogens with one attached hydrogen (secondary N) is 2. The van der Waals surface area contributed by atoms with E-state index >= 15 is 0 Å². The van der Waals surface area contributed by atoms with E-state index in [-0.39, 0.29) is 27.8 Å². The summed E-state index contributed by atoms with van der Waals surface area (Å²) < 4.78 is 39.9. The number of pyridine rings is 1. The maximum Gasteiger partial charge on any atom is 0.255 e. The van der Waals surface area contributed by atoms with Crippen LogP contribution in [0.15, 0.2) is 36.5 Å². The monoisotopic (exact) mass is 408 g/mol. The number of anilines is 2. The van der Waals surface area contributed by atoms with E-state index in [1.165, 1.54) is 30.5 Å². The molecule has 0 aliphatic heterocycles. The van der Waals surface area contributed by atoms with Crippen molar-refractivity contribution in [1.29, 1.82) is 5.26 Å². The van der Waals surface area contributed by atoms with Gasteiger partial charge in [-0.1, -0.05) is 11.6 Å². The average Bonchev–Trinajstić information content (AvgIpc) is 3.37. The maximum absolute atomic E-state index is 13.2. The van der Waals surface area contributed by atoms with E-state index in [1.807, 2.05) is 6.07 Å². The Kier molecular flexibility index (Phi) is 5.04. The molecule has 0 radical (unpaired) electrons. The van der Waals surface area contributed by atoms with Crippen LogP contribution in [0.2, 0.25) is 5.02 Å². The van der Waals surface area contributed by atoms with E-state index in [2.05, 4.69) is 15.0 Å². The highest BCUT2D eigenvalue weighted by molar-refractivity contribution is 7.92. The Balaban J connectivity index is 1.72. The van der Waals surface area contributed by atoms with E-state index < -0.39 is 27.2 Å². The van der Waals surface area contributed by atoms with E-state index in [4.69, 9.17) is 16.9 Å². The van der Waals surface area contributed by atoms with Gasteiger partial charge in [-0.05, 0) is 43.2 Å². The van der Waals surface area contributed by atoms with Crippen molar-refractivity contribution in [1.82, 2.24) is 4.98 Å². The number of hydrogen-bond acceptors (Lipinski definition) is 5. The molecule has 1 fully saturated rings. The molecule has 2 N–H and O–H groups in total. The van der Waals surface area contributed by atoms with Gasteiger partial charge in [0, 0.05) is 17.4 Å². The second kappa shape index (κ2) is 7.13. The number of carbonyl (C=O) groups is 1. The average molecular weight is 409 g/mol. The lowest BCUT2D eigenvalue weighted by Gasteiger charge is -2.11. The van der Waals surface area contributed by atoms with Crippen molar-refractivity contribution in [3.63, 3.8) is 0 Å². The number of hydrogen-bond donors (Lipinski definition) is 2. The Bertz CT molecular complexity index is 1050. The summed E-state index contributed by atoms with van der Waals surface area (Å²) in [5, 5.41) is 11.4. The molecule has 27 heavy (non-hydrogen) atoms. The van der Waals surface area contributed by atoms with Crippen LogP contribution in [0.1, 0.15) is 23.2 Å². The maximum atomic E-state index is 13.2. The topological polar surface area (TPSA) is 112 Å². The number of carbonyl (C=O) groups excluding carboxylic acids is 1. The van der Waals surface area contributed by atoms with Crippen molar-refractivity contribution < 1.29 is 17.6 Å². The van der Waals surface area contributed by atoms with Gasteiger partial charge in [0.15, 0.2) is 0 Å². The van der Waals surface area contributed by atoms with Crippen LogP contribution in [-0.2, 0) is 10.0 Å². The molecule has 1 aliphatic rings. The smallest absolute Gasteiger partial charge is 0.255 e. The fraction of sp³-hybridized carbons (Fsp3) is 0.235. The molecule has 2 aromatic rings. The molecule has 1 heterocycles. The van der Waals surface area contributed by atoms with Crippen LogP contribution in [0.3, 0.4) is 0 Å². The Morgan fingerprint density at radius 3 is 2.70 bits per heavy atom. The van der Waals surface area contributed by atoms with Crippen LogP contribution in [0.5, 0.6) is 0 Å². The molecule has 1 aromatic carbocycles. The summed E-state index contributed by atoms with van der Waals surface area (Å²) in [4.78, 5) is 16.2. The lowest BCUT2D eigenvalue weighted by molar-refractivity contribution is 0.102. The summed E-state index contributed by atoms with van der Waals surface area (Å²) in [7, 11) is -3.78. The van der Waals surface area contributed by atoms with Crippen LogP contribution in [0.25, 0.3) is 0 Å². The first-order chi connectivity index (χ1) is 12.7. The SMILES string of the molecule is N#CC1(CS(=O)(=O)Nc2cc(C(=O)Nc3ccc(F)c(Cl)c3)ccn2)CC1. The summed E-state index contributed by atoms with van der Waals surface area (Å²) in [5.41, 5.74) is -0.400. The van der Waals surface area contributed by atoms with Gasteiger partial charge < -0.3 is 5.32 Å². The molecule has 1 aliphatic carbocycles. The Labute approximate surface area is 160 Å². The van der Waals surface area contributed by atoms with E-state index in [1.54, 1.807) is 0 Å². The van der Waals surface area contributed by atoms with Gasteiger partial charge in [-0.3, -0.25) is 9.52 Å². The highest BCUT2D eigenvalue weighted by atomic mass is 35.5. The number of amides is 1. The summed E-state index contributed by atoms with van der Waals surface area (Å²) in [6.45, 7) is 0. The zero-order valence-electron chi connectivity index (χ0n) is 13.9. The van der Waals surface area contributed by atoms with Gasteiger partial charge in [0.1, 0.15) is 11.6 Å². The minimum absolute atomic E-state index is 0.0338. The Morgan fingerprint density at radius 1 is 1.33 bits per heavy atom. The number of halogens is 2. The highest BCUT2D eigenvalue weighted by Gasteiger charge is 2.47. The van der Waals surface area contributed by atoms with Crippen molar-refractivity contribution in [2.45, 2.75) is 12.8 Å². The standard InChI is InChI=1S/C17H14ClFN4O3S/c18-13-8-12(1-2-14(13)19)22-16(24)11-3-6-21-15(7-11)23-27(25,26)10-17(9-20)4-5-17/h1-3,6-8H,4-5,10H2,(H,21,23)(H,22,24). The van der Waals surface area contributed by atoms with E-state index in [0.29, 0.717) is 12.8 Å². The molecule has 0 atom stereocenters. The lowest BCUT2D eigenvalue weighted by Crippen LogP contribution is -2.23. The third-order valence-electron chi connectivity index (χ3n) is 4.02. The minimum atomic E-state index is -3.78. The van der Waals surface area contributed by atoms with Gasteiger partial charge in [-0.2, -0.15) is 5.26 Å². The summed E-state index contributed by atoms with van der Waals surface area (Å²) in [6.07, 6.45) is 2.36. The molecule has 0 spiro atoms. The van der Waals surface area contributed by atoms with Crippen LogP contribution in [0.4, 0.5) is 15.9 Å². The third-order valence-corrected chi connectivity index (χ3v) is 5.76. The van der Waals surface area contributed by atoms with Crippen LogP contribution >= 0.6 is 11.6 Å². The number of sulfonamides is 1. The van der Waals surface area contributed by atoms with Crippen molar-refractivity contribution >= 4 is 39.0 Å². The van der Waals surface area contributed by atoms with Gasteiger partial charge >= 0.3 is 0 Å². The normalized spacial score (nSPS) is 14.9. The van der Waals surface area contributed by atoms with Gasteiger partial charge in [-0.15, -0.1) is 0 Å². The summed E-state index contributed by atoms with van der Waals surface area (Å²) >= 11 is 5.68. The third kappa shape index (κ3) is 4.72. The van der Waals surface area contributed by atoms with Gasteiger partial charge in [0.25, 0.3) is 5.91 Å². The first-order valence-corrected chi connectivity index (χ1v) is 9.89. The Morgan fingerprint density at radius 2 is 2.07 bits per heavy atom. The molecule has 3 rings (SSSR count). The predicted molar refractivity (Wildman–Crippen MR) is 98.3 cm³/mol. The number of nitriles is 1. The van der Waals surface area contributed by atoms with E-state index in [0.717, 1.165) is 6.07 Å². The highest BCUT2D eigenvalue weighted by Crippen LogP contribution is 2.46. The molecule has 140 valence electrons. The van der Waals surface area contributed by atoms with Gasteiger partial charge in [0.2, 0.25) is 10.0 Å². The van der Waals surface area contributed by atoms with Gasteiger partial charge in [0.05, 0.1) is 22.3 Å². The largest absolute Gasteiger partial charge is 0.322 e. The number of nitrogens with zero attached hydrogens (tertiary/aromatic N) is 2. The minimum Gasteiger partial charge on any atom is -0.322 e. The first-order valence-electron chi connectivity index (χ1n) is 7.86. The molecule has 10 heteroatoms. The summed E-state index contributed by atoms with van der Waals surface area (Å²) in [5.74, 6) is -1.51. The molecule has 7 nitrogen and oxygen atoms in total. The van der Waals surface area contributed by atoms with Crippen molar-refractivity contribution in [2.75, 3.05) is 15.8 Å². The number of rotatable bonds is 6. The molecule has 1 saturated carbocycles. The lowest BCUT2D eigenvalue weighted by atomic mass is 10.2. The van der Waals surface area contributed by atoms with Crippen molar-refractivity contribution in [3.8, 4) is 6.07 Å². The predicted octanol–water partition coefficient (Wildman–Crippen LogP) is 3.17. The molecule has 0 saturated heterocycles. The fourth-order valence-corrected chi connectivity index (χ4v) is 4.17. The van der Waals surface area contributed by atoms with Gasteiger partial charge in [-0.25, -0.2) is 17.8 Å². The molecule has 0 bridgehead atoms. The van der Waals surface area contributed by atoms with E-state index in [9.17, 15) is 17.6 Å². The van der Waals surface area contributed by atoms with Crippen molar-refractivity contribution in [2.24, 2.45) is 5.41 Å². The van der Waals surface area contributed by atoms with Crippen LogP contribution in [0, 0.1) is 22.6 Å². The molecule has 1 aromatic heterocycles. The van der Waals surface area contributed by atoms with Crippen molar-refractivity contribution in [3.05, 3.63) is 52.9 Å². The zero-order chi connectivity index (χ0) is 19.7. The number of benzene rings is 1. The Hall–Kier alpha value is -2.70. The van der Waals surface area contributed by atoms with Crippen LogP contribution in [-0.4, -0.2) is 25.1 Å². The van der Waals surface area contributed by atoms with Crippen LogP contribution < -0.4 is 10.0 Å². The number of aromatic nitrogens is 1. The summed E-state index contributed by atoms with van der Waals surface area (Å²) in [6, 6.07) is 8.41. The quantitative estimate of drug-likeness (QED) is 0.762. The second-order valence-corrected chi connectivity index (χ2v) is 8.40. The molecule has 1 amide bonds. The molecular formula is C17H14ClFN4O3S. The molecule has 0 unspecified atom stereocenters. The fourth-order valence-electron chi connectivity index (χ4n) is 2.40. The zero-order valence-corrected chi connectivity index (χ0v) is 15.4. The first kappa shape index (κ1) is 19.1. The molecular weight excluding hydrogens is 395 g/mol.